The van der Waals surface area contributed by atoms with Crippen molar-refractivity contribution in [1.29, 1.82) is 0 Å². The van der Waals surface area contributed by atoms with Crippen molar-refractivity contribution in [2.24, 2.45) is 0 Å². The first-order chi connectivity index (χ1) is 14.6. The summed E-state index contributed by atoms with van der Waals surface area (Å²) in [4.78, 5) is 38.4. The summed E-state index contributed by atoms with van der Waals surface area (Å²) >= 11 is 0. The van der Waals surface area contributed by atoms with Crippen LogP contribution in [0.25, 0.3) is 0 Å². The predicted octanol–water partition coefficient (Wildman–Crippen LogP) is 2.93. The minimum absolute atomic E-state index is 0.196. The molecule has 1 saturated heterocycles. The Morgan fingerprint density at radius 1 is 1.10 bits per heavy atom. The normalized spacial score (nSPS) is 16.9. The molecular formula is C23H23FN2O5. The van der Waals surface area contributed by atoms with Gasteiger partial charge in [-0.3, -0.25) is 9.59 Å². The third kappa shape index (κ3) is 4.91. The van der Waals surface area contributed by atoms with Gasteiger partial charge in [0, 0.05) is 33.5 Å². The number of cyclic esters (lactones) is 1. The summed E-state index contributed by atoms with van der Waals surface area (Å²) in [5, 5.41) is 2.56. The molecule has 1 aliphatic rings. The van der Waals surface area contributed by atoms with Crippen molar-refractivity contribution < 1.29 is 28.2 Å². The summed E-state index contributed by atoms with van der Waals surface area (Å²) in [5.41, 5.74) is 1.67. The van der Waals surface area contributed by atoms with Gasteiger partial charge in [-0.2, -0.15) is 0 Å². The maximum absolute atomic E-state index is 13.5. The number of benzene rings is 2. The van der Waals surface area contributed by atoms with Crippen molar-refractivity contribution in [3.05, 3.63) is 82.9 Å². The second-order valence-electron chi connectivity index (χ2n) is 7.51. The van der Waals surface area contributed by atoms with Crippen LogP contribution in [0.2, 0.25) is 0 Å². The number of ether oxygens (including phenoxy) is 2. The highest BCUT2D eigenvalue weighted by molar-refractivity contribution is 5.98. The third-order valence-electron chi connectivity index (χ3n) is 4.76. The minimum atomic E-state index is -1.15. The van der Waals surface area contributed by atoms with Crippen molar-refractivity contribution in [2.75, 3.05) is 14.1 Å². The van der Waals surface area contributed by atoms with E-state index in [1.165, 1.54) is 24.1 Å². The number of hydrogen-bond acceptors (Lipinski definition) is 5. The van der Waals surface area contributed by atoms with Gasteiger partial charge in [-0.25, -0.2) is 9.18 Å². The molecule has 3 rings (SSSR count). The lowest BCUT2D eigenvalue weighted by molar-refractivity contribution is -0.159. The molecule has 0 spiro atoms. The number of rotatable bonds is 5. The van der Waals surface area contributed by atoms with Gasteiger partial charge < -0.3 is 19.7 Å². The van der Waals surface area contributed by atoms with Crippen molar-refractivity contribution in [2.45, 2.75) is 25.7 Å². The number of nitrogens with zero attached hydrogens (tertiary/aromatic N) is 1. The minimum Gasteiger partial charge on any atom is -0.445 e. The maximum atomic E-state index is 13.5. The fourth-order valence-corrected chi connectivity index (χ4v) is 3.31. The number of nitrogens with one attached hydrogen (secondary N) is 1. The molecule has 8 heteroatoms. The van der Waals surface area contributed by atoms with Gasteiger partial charge >= 0.3 is 5.97 Å². The summed E-state index contributed by atoms with van der Waals surface area (Å²) in [6.45, 7) is 3.12. The second kappa shape index (κ2) is 8.59. The van der Waals surface area contributed by atoms with E-state index >= 15 is 0 Å². The first-order valence-electron chi connectivity index (χ1n) is 9.59. The Morgan fingerprint density at radius 3 is 2.35 bits per heavy atom. The Balaban J connectivity index is 2.01. The van der Waals surface area contributed by atoms with Gasteiger partial charge in [-0.1, -0.05) is 24.3 Å². The van der Waals surface area contributed by atoms with Crippen LogP contribution in [0.5, 0.6) is 0 Å². The molecule has 0 saturated carbocycles. The highest BCUT2D eigenvalue weighted by Crippen LogP contribution is 2.30. The average Bonchev–Trinajstić information content (AvgIpc) is 3.00. The number of esters is 1. The van der Waals surface area contributed by atoms with Crippen LogP contribution in [0.3, 0.4) is 0 Å². The molecule has 1 N–H and O–H groups in total. The zero-order valence-corrected chi connectivity index (χ0v) is 17.6. The van der Waals surface area contributed by atoms with E-state index in [4.69, 9.17) is 9.47 Å². The van der Waals surface area contributed by atoms with E-state index in [9.17, 15) is 18.8 Å². The van der Waals surface area contributed by atoms with Gasteiger partial charge in [0.2, 0.25) is 11.5 Å². The van der Waals surface area contributed by atoms with Crippen molar-refractivity contribution in [3.8, 4) is 0 Å². The Kier molecular flexibility index (Phi) is 6.10. The molecule has 0 aromatic heterocycles. The largest absolute Gasteiger partial charge is 0.445 e. The summed E-state index contributed by atoms with van der Waals surface area (Å²) in [5.74, 6) is -3.29. The number of carbonyl (C=O) groups is 3. The number of hydrogen-bond donors (Lipinski definition) is 1. The molecule has 2 aromatic rings. The Hall–Kier alpha value is -3.68. The first kappa shape index (κ1) is 22.0. The van der Waals surface area contributed by atoms with Gasteiger partial charge in [0.25, 0.3) is 11.8 Å². The van der Waals surface area contributed by atoms with E-state index in [-0.39, 0.29) is 11.7 Å². The molecule has 0 bridgehead atoms. The third-order valence-corrected chi connectivity index (χ3v) is 4.76. The zero-order chi connectivity index (χ0) is 22.8. The number of halogens is 1. The zero-order valence-electron chi connectivity index (χ0n) is 17.6. The van der Waals surface area contributed by atoms with Crippen LogP contribution in [0.4, 0.5) is 4.39 Å². The van der Waals surface area contributed by atoms with Crippen LogP contribution in [-0.2, 0) is 19.1 Å². The van der Waals surface area contributed by atoms with E-state index in [1.54, 1.807) is 57.3 Å². The Labute approximate surface area is 179 Å². The molecule has 1 atom stereocenters. The van der Waals surface area contributed by atoms with Gasteiger partial charge in [0.05, 0.1) is 12.1 Å². The van der Waals surface area contributed by atoms with Crippen molar-refractivity contribution in [1.82, 2.24) is 10.2 Å². The molecule has 31 heavy (non-hydrogen) atoms. The molecule has 1 heterocycles. The van der Waals surface area contributed by atoms with Gasteiger partial charge in [0.15, 0.2) is 0 Å². The lowest BCUT2D eigenvalue weighted by atomic mass is 9.95. The number of likely N-dealkylation sites (N-methyl/N-ethyl adjacent to an activating group) is 1. The standard InChI is InChI=1S/C23H23FN2O5/c1-23(2)30-18(22(29)31-23)13-19(27)26(4)20(14-8-10-17(24)11-9-14)15-6-5-7-16(12-15)21(28)25-3/h5-13,20H,1-4H3,(H,25,28). The van der Waals surface area contributed by atoms with E-state index < -0.39 is 29.5 Å². The topological polar surface area (TPSA) is 84.9 Å². The molecule has 2 aromatic carbocycles. The Morgan fingerprint density at radius 2 is 1.77 bits per heavy atom. The van der Waals surface area contributed by atoms with Crippen LogP contribution in [0.15, 0.2) is 60.4 Å². The molecule has 0 aliphatic carbocycles. The van der Waals surface area contributed by atoms with E-state index in [1.807, 2.05) is 0 Å². The van der Waals surface area contributed by atoms with Crippen LogP contribution >= 0.6 is 0 Å². The number of carbonyl (C=O) groups excluding carboxylic acids is 3. The van der Waals surface area contributed by atoms with E-state index in [0.29, 0.717) is 16.7 Å². The lowest BCUT2D eigenvalue weighted by Crippen LogP contribution is -2.31. The van der Waals surface area contributed by atoms with Gasteiger partial charge in [0.1, 0.15) is 5.82 Å². The molecule has 2 amide bonds. The molecule has 162 valence electrons. The SMILES string of the molecule is CNC(=O)c1cccc(C(c2ccc(F)cc2)N(C)C(=O)C=C2OC(C)(C)OC2=O)c1. The summed E-state index contributed by atoms with van der Waals surface area (Å²) in [6.07, 6.45) is 1.07. The van der Waals surface area contributed by atoms with E-state index in [0.717, 1.165) is 6.08 Å². The Bertz CT molecular complexity index is 1050. The maximum Gasteiger partial charge on any atom is 0.377 e. The predicted molar refractivity (Wildman–Crippen MR) is 110 cm³/mol. The molecule has 1 unspecified atom stereocenters. The van der Waals surface area contributed by atoms with Crippen molar-refractivity contribution >= 4 is 17.8 Å². The quantitative estimate of drug-likeness (QED) is 0.587. The fourth-order valence-electron chi connectivity index (χ4n) is 3.31. The molecule has 1 aliphatic heterocycles. The van der Waals surface area contributed by atoms with Crippen LogP contribution in [0.1, 0.15) is 41.4 Å². The van der Waals surface area contributed by atoms with Gasteiger partial charge in [-0.05, 0) is 35.4 Å². The fraction of sp³-hybridized carbons (Fsp3) is 0.261. The summed E-state index contributed by atoms with van der Waals surface area (Å²) in [6, 6.07) is 11.8. The van der Waals surface area contributed by atoms with Crippen LogP contribution in [0, 0.1) is 5.82 Å². The highest BCUT2D eigenvalue weighted by Gasteiger charge is 2.38. The van der Waals surface area contributed by atoms with Gasteiger partial charge in [-0.15, -0.1) is 0 Å². The molecule has 1 fully saturated rings. The smallest absolute Gasteiger partial charge is 0.377 e. The molecule has 0 radical (unpaired) electrons. The average molecular weight is 426 g/mol. The molecule has 7 nitrogen and oxygen atoms in total. The monoisotopic (exact) mass is 426 g/mol. The number of amides is 2. The van der Waals surface area contributed by atoms with Crippen LogP contribution < -0.4 is 5.32 Å². The van der Waals surface area contributed by atoms with Crippen molar-refractivity contribution in [3.63, 3.8) is 0 Å². The second-order valence-corrected chi connectivity index (χ2v) is 7.51. The summed E-state index contributed by atoms with van der Waals surface area (Å²) < 4.78 is 23.9. The van der Waals surface area contributed by atoms with E-state index in [2.05, 4.69) is 5.32 Å². The molecular weight excluding hydrogens is 403 g/mol. The lowest BCUT2D eigenvalue weighted by Gasteiger charge is -2.28. The summed E-state index contributed by atoms with van der Waals surface area (Å²) in [7, 11) is 3.07. The van der Waals surface area contributed by atoms with Crippen LogP contribution in [-0.4, -0.2) is 42.6 Å². The highest BCUT2D eigenvalue weighted by atomic mass is 19.1. The first-order valence-corrected chi connectivity index (χ1v) is 9.59.